The van der Waals surface area contributed by atoms with Gasteiger partial charge >= 0.3 is 0 Å². The fourth-order valence-corrected chi connectivity index (χ4v) is 3.63. The Labute approximate surface area is 131 Å². The number of fused-ring (bicyclic) bond motifs is 1. The number of aryl methyl sites for hydroxylation is 3. The second kappa shape index (κ2) is 5.38. The Kier molecular flexibility index (Phi) is 3.67. The molecular formula is C17H24N4O. The van der Waals surface area contributed by atoms with E-state index in [9.17, 15) is 4.79 Å². The largest absolute Gasteiger partial charge is 0.335 e. The summed E-state index contributed by atoms with van der Waals surface area (Å²) in [6.07, 6.45) is 2.19. The van der Waals surface area contributed by atoms with Gasteiger partial charge in [-0.05, 0) is 38.7 Å². The van der Waals surface area contributed by atoms with Gasteiger partial charge in [-0.25, -0.2) is 4.98 Å². The van der Waals surface area contributed by atoms with Gasteiger partial charge in [0.25, 0.3) is 5.91 Å². The Morgan fingerprint density at radius 1 is 1.36 bits per heavy atom. The molecule has 0 spiro atoms. The highest BCUT2D eigenvalue weighted by molar-refractivity contribution is 6.06. The fraction of sp³-hybridized carbons (Fsp3) is 0.588. The predicted octanol–water partition coefficient (Wildman–Crippen LogP) is 2.85. The van der Waals surface area contributed by atoms with Crippen LogP contribution in [0, 0.1) is 19.8 Å². The molecule has 2 aromatic rings. The molecule has 1 aliphatic heterocycles. The van der Waals surface area contributed by atoms with Crippen LogP contribution in [0.4, 0.5) is 0 Å². The molecule has 22 heavy (non-hydrogen) atoms. The molecule has 3 heterocycles. The number of rotatable bonds is 2. The lowest BCUT2D eigenvalue weighted by molar-refractivity contribution is 0.0703. The van der Waals surface area contributed by atoms with Crippen molar-refractivity contribution in [1.82, 2.24) is 19.7 Å². The van der Waals surface area contributed by atoms with Gasteiger partial charge in [0.2, 0.25) is 0 Å². The number of pyridine rings is 1. The van der Waals surface area contributed by atoms with Crippen LogP contribution in [-0.2, 0) is 7.05 Å². The summed E-state index contributed by atoms with van der Waals surface area (Å²) in [5, 5.41) is 5.33. The first-order valence-electron chi connectivity index (χ1n) is 8.02. The maximum absolute atomic E-state index is 13.2. The van der Waals surface area contributed by atoms with Crippen molar-refractivity contribution in [3.63, 3.8) is 0 Å². The number of nitrogens with zero attached hydrogens (tertiary/aromatic N) is 4. The number of amides is 1. The van der Waals surface area contributed by atoms with Crippen molar-refractivity contribution < 1.29 is 4.79 Å². The third kappa shape index (κ3) is 2.28. The van der Waals surface area contributed by atoms with E-state index in [1.165, 1.54) is 0 Å². The Balaban J connectivity index is 2.11. The van der Waals surface area contributed by atoms with Crippen LogP contribution in [0.25, 0.3) is 11.0 Å². The van der Waals surface area contributed by atoms with Crippen LogP contribution >= 0.6 is 0 Å². The lowest BCUT2D eigenvalue weighted by Gasteiger charge is -2.28. The molecule has 1 fully saturated rings. The number of aromatic nitrogens is 3. The Morgan fingerprint density at radius 2 is 2.09 bits per heavy atom. The van der Waals surface area contributed by atoms with E-state index < -0.39 is 0 Å². The summed E-state index contributed by atoms with van der Waals surface area (Å²) in [6.45, 7) is 9.12. The van der Waals surface area contributed by atoms with E-state index in [1.54, 1.807) is 4.68 Å². The molecule has 0 radical (unpaired) electrons. The van der Waals surface area contributed by atoms with Crippen molar-refractivity contribution in [2.45, 2.75) is 46.6 Å². The molecule has 0 saturated carbocycles. The number of hydrogen-bond donors (Lipinski definition) is 0. The topological polar surface area (TPSA) is 51.0 Å². The highest BCUT2D eigenvalue weighted by atomic mass is 16.2. The molecule has 1 atom stereocenters. The van der Waals surface area contributed by atoms with Crippen molar-refractivity contribution in [2.75, 3.05) is 6.54 Å². The summed E-state index contributed by atoms with van der Waals surface area (Å²) in [5.74, 6) is 0.614. The average Bonchev–Trinajstić information content (AvgIpc) is 3.03. The van der Waals surface area contributed by atoms with Gasteiger partial charge in [0.15, 0.2) is 5.65 Å². The molecule has 5 nitrogen and oxygen atoms in total. The zero-order valence-corrected chi connectivity index (χ0v) is 14.1. The zero-order chi connectivity index (χ0) is 16.0. The summed E-state index contributed by atoms with van der Waals surface area (Å²) >= 11 is 0. The van der Waals surface area contributed by atoms with Crippen LogP contribution in [-0.4, -0.2) is 38.2 Å². The van der Waals surface area contributed by atoms with E-state index in [4.69, 9.17) is 0 Å². The first kappa shape index (κ1) is 15.0. The number of likely N-dealkylation sites (tertiary alicyclic amines) is 1. The highest BCUT2D eigenvalue weighted by Gasteiger charge is 2.32. The molecule has 1 aliphatic rings. The molecule has 0 aromatic carbocycles. The van der Waals surface area contributed by atoms with Crippen LogP contribution in [0.3, 0.4) is 0 Å². The molecule has 3 rings (SSSR count). The molecule has 0 N–H and O–H groups in total. The lowest BCUT2D eigenvalue weighted by atomic mass is 10.0. The minimum absolute atomic E-state index is 0.128. The Hall–Kier alpha value is -1.91. The van der Waals surface area contributed by atoms with E-state index in [0.29, 0.717) is 12.0 Å². The number of hydrogen-bond acceptors (Lipinski definition) is 3. The molecule has 0 aliphatic carbocycles. The average molecular weight is 300 g/mol. The van der Waals surface area contributed by atoms with E-state index in [0.717, 1.165) is 47.4 Å². The monoisotopic (exact) mass is 300 g/mol. The second-order valence-corrected chi connectivity index (χ2v) is 6.67. The van der Waals surface area contributed by atoms with E-state index in [1.807, 2.05) is 31.9 Å². The van der Waals surface area contributed by atoms with Gasteiger partial charge in [0.05, 0.1) is 16.6 Å². The van der Waals surface area contributed by atoms with Gasteiger partial charge in [-0.1, -0.05) is 13.8 Å². The van der Waals surface area contributed by atoms with E-state index in [2.05, 4.69) is 23.9 Å². The molecule has 118 valence electrons. The minimum atomic E-state index is 0.128. The lowest BCUT2D eigenvalue weighted by Crippen LogP contribution is -2.38. The van der Waals surface area contributed by atoms with Gasteiger partial charge < -0.3 is 4.90 Å². The summed E-state index contributed by atoms with van der Waals surface area (Å²) in [4.78, 5) is 19.7. The second-order valence-electron chi connectivity index (χ2n) is 6.67. The summed E-state index contributed by atoms with van der Waals surface area (Å²) < 4.78 is 1.76. The first-order chi connectivity index (χ1) is 10.4. The first-order valence-corrected chi connectivity index (χ1v) is 8.02. The minimum Gasteiger partial charge on any atom is -0.335 e. The van der Waals surface area contributed by atoms with Crippen LogP contribution in [0.5, 0.6) is 0 Å². The SMILES string of the molecule is Cc1cc(C(=O)N2CCC[C@H]2C(C)C)c2c(C)nn(C)c2n1. The standard InChI is InChI=1S/C17H24N4O/c1-10(2)14-7-6-8-21(14)17(22)13-9-11(3)18-16-15(13)12(4)19-20(16)5/h9-10,14H,6-8H2,1-5H3/t14-/m0/s1. The normalized spacial score (nSPS) is 18.6. The molecule has 1 saturated heterocycles. The quantitative estimate of drug-likeness (QED) is 0.857. The van der Waals surface area contributed by atoms with Gasteiger partial charge in [0.1, 0.15) is 0 Å². The zero-order valence-electron chi connectivity index (χ0n) is 14.1. The molecular weight excluding hydrogens is 276 g/mol. The molecule has 2 aromatic heterocycles. The molecule has 0 bridgehead atoms. The van der Waals surface area contributed by atoms with Crippen molar-refractivity contribution in [1.29, 1.82) is 0 Å². The van der Waals surface area contributed by atoms with Gasteiger partial charge in [-0.15, -0.1) is 0 Å². The maximum atomic E-state index is 13.2. The van der Waals surface area contributed by atoms with Gasteiger partial charge in [0, 0.05) is 25.3 Å². The van der Waals surface area contributed by atoms with Crippen molar-refractivity contribution in [3.8, 4) is 0 Å². The summed E-state index contributed by atoms with van der Waals surface area (Å²) in [7, 11) is 1.88. The summed E-state index contributed by atoms with van der Waals surface area (Å²) in [6, 6.07) is 2.25. The van der Waals surface area contributed by atoms with E-state index >= 15 is 0 Å². The summed E-state index contributed by atoms with van der Waals surface area (Å²) in [5.41, 5.74) is 3.27. The Bertz CT molecular complexity index is 732. The molecule has 5 heteroatoms. The van der Waals surface area contributed by atoms with Crippen LogP contribution in [0.1, 0.15) is 48.4 Å². The van der Waals surface area contributed by atoms with Crippen molar-refractivity contribution >= 4 is 16.9 Å². The smallest absolute Gasteiger partial charge is 0.254 e. The number of carbonyl (C=O) groups excluding carboxylic acids is 1. The maximum Gasteiger partial charge on any atom is 0.254 e. The van der Waals surface area contributed by atoms with Crippen LogP contribution in [0.2, 0.25) is 0 Å². The predicted molar refractivity (Wildman–Crippen MR) is 86.9 cm³/mol. The van der Waals surface area contributed by atoms with Crippen LogP contribution in [0.15, 0.2) is 6.07 Å². The molecule has 0 unspecified atom stereocenters. The van der Waals surface area contributed by atoms with Crippen molar-refractivity contribution in [2.24, 2.45) is 13.0 Å². The Morgan fingerprint density at radius 3 is 2.77 bits per heavy atom. The van der Waals surface area contributed by atoms with Gasteiger partial charge in [-0.2, -0.15) is 5.10 Å². The van der Waals surface area contributed by atoms with E-state index in [-0.39, 0.29) is 5.91 Å². The van der Waals surface area contributed by atoms with Crippen LogP contribution < -0.4 is 0 Å². The molecule has 1 amide bonds. The van der Waals surface area contributed by atoms with Gasteiger partial charge in [-0.3, -0.25) is 9.48 Å². The highest BCUT2D eigenvalue weighted by Crippen LogP contribution is 2.29. The third-order valence-corrected chi connectivity index (χ3v) is 4.66. The van der Waals surface area contributed by atoms with Crippen molar-refractivity contribution in [3.05, 3.63) is 23.0 Å². The fourth-order valence-electron chi connectivity index (χ4n) is 3.63. The third-order valence-electron chi connectivity index (χ3n) is 4.66. The number of carbonyl (C=O) groups is 1.